The molecule has 3 unspecified atom stereocenters. The van der Waals surface area contributed by atoms with Crippen LogP contribution in [-0.2, 0) is 0 Å². The molecule has 0 spiro atoms. The third-order valence-electron chi connectivity index (χ3n) is 5.48. The zero-order valence-corrected chi connectivity index (χ0v) is 14.0. The Morgan fingerprint density at radius 2 is 1.28 bits per heavy atom. The van der Waals surface area contributed by atoms with Crippen LogP contribution in [0.4, 0.5) is 0 Å². The fraction of sp³-hybridized carbons (Fsp3) is 1.00. The first-order chi connectivity index (χ1) is 8.52. The van der Waals surface area contributed by atoms with Gasteiger partial charge in [0.2, 0.25) is 0 Å². The monoisotopic (exact) mass is 254 g/mol. The van der Waals surface area contributed by atoms with E-state index in [-0.39, 0.29) is 0 Å². The van der Waals surface area contributed by atoms with E-state index in [1.165, 1.54) is 57.8 Å². The molecule has 0 aromatic carbocycles. The summed E-state index contributed by atoms with van der Waals surface area (Å²) in [6.07, 6.45) is 12.6. The smallest absolute Gasteiger partial charge is 0.0277 e. The molecule has 0 aliphatic rings. The minimum Gasteiger partial charge on any atom is -0.0654 e. The van der Waals surface area contributed by atoms with Crippen molar-refractivity contribution in [2.24, 2.45) is 17.3 Å². The average molecular weight is 255 g/mol. The van der Waals surface area contributed by atoms with Crippen LogP contribution >= 0.6 is 0 Å². The van der Waals surface area contributed by atoms with Gasteiger partial charge in [-0.2, -0.15) is 0 Å². The molecule has 0 fully saturated rings. The summed E-state index contributed by atoms with van der Waals surface area (Å²) in [4.78, 5) is 0. The van der Waals surface area contributed by atoms with Gasteiger partial charge in [0.25, 0.3) is 0 Å². The molecule has 18 heavy (non-hydrogen) atoms. The number of unbranched alkanes of at least 4 members (excludes halogenated alkanes) is 4. The Morgan fingerprint density at radius 1 is 0.722 bits per heavy atom. The maximum absolute atomic E-state index is 2.53. The van der Waals surface area contributed by atoms with E-state index in [1.54, 1.807) is 0 Å². The molecule has 0 N–H and O–H groups in total. The third kappa shape index (κ3) is 5.76. The molecule has 0 aromatic rings. The lowest BCUT2D eigenvalue weighted by molar-refractivity contribution is 0.0917. The summed E-state index contributed by atoms with van der Waals surface area (Å²) in [6, 6.07) is 0. The van der Waals surface area contributed by atoms with Gasteiger partial charge >= 0.3 is 0 Å². The Hall–Kier alpha value is 0. The highest BCUT2D eigenvalue weighted by molar-refractivity contribution is 4.83. The summed E-state index contributed by atoms with van der Waals surface area (Å²) >= 11 is 0. The van der Waals surface area contributed by atoms with Gasteiger partial charge in [0, 0.05) is 0 Å². The minimum absolute atomic E-state index is 0.556. The first-order valence-electron chi connectivity index (χ1n) is 8.52. The van der Waals surface area contributed by atoms with Crippen LogP contribution in [0, 0.1) is 17.3 Å². The molecule has 0 radical (unpaired) electrons. The van der Waals surface area contributed by atoms with Crippen molar-refractivity contribution in [3.8, 4) is 0 Å². The molecule has 0 saturated heterocycles. The van der Waals surface area contributed by atoms with Crippen LogP contribution in [0.15, 0.2) is 0 Å². The molecule has 0 heterocycles. The van der Waals surface area contributed by atoms with E-state index in [0.29, 0.717) is 5.41 Å². The van der Waals surface area contributed by atoms with Gasteiger partial charge in [-0.05, 0) is 17.3 Å². The van der Waals surface area contributed by atoms with Crippen LogP contribution in [0.1, 0.15) is 99.3 Å². The molecule has 110 valence electrons. The number of hydrogen-bond acceptors (Lipinski definition) is 0. The van der Waals surface area contributed by atoms with Gasteiger partial charge in [-0.25, -0.2) is 0 Å². The second kappa shape index (κ2) is 9.87. The maximum Gasteiger partial charge on any atom is -0.0277 e. The summed E-state index contributed by atoms with van der Waals surface area (Å²) < 4.78 is 0. The standard InChI is InChI=1S/C18H38/c1-7-10-11-12-13-15-17(5)18(6,9-3)16(4)14-8-2/h16-17H,7-15H2,1-6H3. The van der Waals surface area contributed by atoms with Crippen molar-refractivity contribution >= 4 is 0 Å². The second-order valence-electron chi connectivity index (χ2n) is 6.65. The van der Waals surface area contributed by atoms with E-state index in [1.807, 2.05) is 0 Å². The summed E-state index contributed by atoms with van der Waals surface area (Å²) in [5.74, 6) is 1.75. The predicted molar refractivity (Wildman–Crippen MR) is 85.0 cm³/mol. The maximum atomic E-state index is 2.53. The van der Waals surface area contributed by atoms with Gasteiger partial charge in [0.1, 0.15) is 0 Å². The summed E-state index contributed by atoms with van der Waals surface area (Å²) in [7, 11) is 0. The molecule has 0 aromatic heterocycles. The van der Waals surface area contributed by atoms with Crippen molar-refractivity contribution in [2.45, 2.75) is 99.3 Å². The van der Waals surface area contributed by atoms with Crippen molar-refractivity contribution in [2.75, 3.05) is 0 Å². The SMILES string of the molecule is CCCCCCCC(C)C(C)(CC)C(C)CCC. The lowest BCUT2D eigenvalue weighted by atomic mass is 9.65. The molecule has 0 saturated carbocycles. The van der Waals surface area contributed by atoms with Gasteiger partial charge in [0.15, 0.2) is 0 Å². The van der Waals surface area contributed by atoms with Crippen LogP contribution in [0.5, 0.6) is 0 Å². The van der Waals surface area contributed by atoms with Crippen LogP contribution in [0.2, 0.25) is 0 Å². The highest BCUT2D eigenvalue weighted by atomic mass is 14.4. The lowest BCUT2D eigenvalue weighted by Crippen LogP contribution is -2.32. The Kier molecular flexibility index (Phi) is 9.87. The number of hydrogen-bond donors (Lipinski definition) is 0. The first kappa shape index (κ1) is 18.0. The second-order valence-corrected chi connectivity index (χ2v) is 6.65. The van der Waals surface area contributed by atoms with Gasteiger partial charge in [-0.3, -0.25) is 0 Å². The normalized spacial score (nSPS) is 18.3. The van der Waals surface area contributed by atoms with Crippen LogP contribution in [0.25, 0.3) is 0 Å². The summed E-state index contributed by atoms with van der Waals surface area (Å²) in [5, 5.41) is 0. The average Bonchev–Trinajstić information content (AvgIpc) is 2.37. The number of rotatable bonds is 11. The molecular formula is C18H38. The van der Waals surface area contributed by atoms with E-state index >= 15 is 0 Å². The third-order valence-corrected chi connectivity index (χ3v) is 5.48. The van der Waals surface area contributed by atoms with E-state index < -0.39 is 0 Å². The van der Waals surface area contributed by atoms with Gasteiger partial charge in [0.05, 0.1) is 0 Å². The van der Waals surface area contributed by atoms with E-state index in [9.17, 15) is 0 Å². The van der Waals surface area contributed by atoms with Crippen molar-refractivity contribution in [3.63, 3.8) is 0 Å². The molecule has 0 heteroatoms. The first-order valence-corrected chi connectivity index (χ1v) is 8.52. The van der Waals surface area contributed by atoms with E-state index in [4.69, 9.17) is 0 Å². The largest absolute Gasteiger partial charge is 0.0654 e. The fourth-order valence-corrected chi connectivity index (χ4v) is 3.33. The minimum atomic E-state index is 0.556. The fourth-order valence-electron chi connectivity index (χ4n) is 3.33. The predicted octanol–water partition coefficient (Wildman–Crippen LogP) is 6.84. The van der Waals surface area contributed by atoms with Crippen LogP contribution in [0.3, 0.4) is 0 Å². The molecule has 3 atom stereocenters. The van der Waals surface area contributed by atoms with Gasteiger partial charge in [-0.15, -0.1) is 0 Å². The lowest BCUT2D eigenvalue weighted by Gasteiger charge is -2.41. The van der Waals surface area contributed by atoms with E-state index in [2.05, 4.69) is 41.5 Å². The topological polar surface area (TPSA) is 0 Å². The zero-order chi connectivity index (χ0) is 14.0. The van der Waals surface area contributed by atoms with Crippen molar-refractivity contribution in [1.29, 1.82) is 0 Å². The Balaban J connectivity index is 4.11. The molecule has 0 bridgehead atoms. The zero-order valence-electron chi connectivity index (χ0n) is 14.0. The Bertz CT molecular complexity index is 184. The molecule has 0 rings (SSSR count). The molecule has 0 aliphatic carbocycles. The summed E-state index contributed by atoms with van der Waals surface area (Å²) in [6.45, 7) is 14.5. The van der Waals surface area contributed by atoms with Gasteiger partial charge < -0.3 is 0 Å². The summed E-state index contributed by atoms with van der Waals surface area (Å²) in [5.41, 5.74) is 0.556. The quantitative estimate of drug-likeness (QED) is 0.354. The van der Waals surface area contributed by atoms with E-state index in [0.717, 1.165) is 11.8 Å². The van der Waals surface area contributed by atoms with Crippen molar-refractivity contribution < 1.29 is 0 Å². The van der Waals surface area contributed by atoms with Crippen molar-refractivity contribution in [1.82, 2.24) is 0 Å². The van der Waals surface area contributed by atoms with Crippen LogP contribution < -0.4 is 0 Å². The van der Waals surface area contributed by atoms with Crippen molar-refractivity contribution in [3.05, 3.63) is 0 Å². The highest BCUT2D eigenvalue weighted by Crippen LogP contribution is 2.43. The Labute approximate surface area is 117 Å². The molecule has 0 aliphatic heterocycles. The highest BCUT2D eigenvalue weighted by Gasteiger charge is 2.33. The van der Waals surface area contributed by atoms with Gasteiger partial charge in [-0.1, -0.05) is 99.3 Å². The molecular weight excluding hydrogens is 216 g/mol. The molecule has 0 amide bonds. The molecule has 0 nitrogen and oxygen atoms in total. The Morgan fingerprint density at radius 3 is 1.78 bits per heavy atom. The van der Waals surface area contributed by atoms with Crippen LogP contribution in [-0.4, -0.2) is 0 Å².